The normalized spacial score (nSPS) is 11.6. The highest BCUT2D eigenvalue weighted by molar-refractivity contribution is 7.27. The third kappa shape index (κ3) is 14.1. The van der Waals surface area contributed by atoms with Gasteiger partial charge in [-0.15, -0.1) is 34.0 Å². The number of rotatable bonds is 14. The van der Waals surface area contributed by atoms with E-state index in [4.69, 9.17) is 13.3 Å². The fourth-order valence-corrected chi connectivity index (χ4v) is 23.3. The van der Waals surface area contributed by atoms with Gasteiger partial charge in [-0.3, -0.25) is 0 Å². The summed E-state index contributed by atoms with van der Waals surface area (Å²) in [6, 6.07) is 171. The molecule has 27 rings (SSSR count). The lowest BCUT2D eigenvalue weighted by Gasteiger charge is -2.28. The molecule has 0 amide bonds. The molecule has 0 bridgehead atoms. The molecular weight excluding hydrogens is 1680 g/mol. The van der Waals surface area contributed by atoms with Gasteiger partial charge in [-0.05, 0) is 177 Å². The van der Waals surface area contributed by atoms with Crippen molar-refractivity contribution in [2.45, 2.75) is 0 Å². The molecule has 0 fully saturated rings. The number of hydrogen-bond acceptors (Lipinski definition) is 9. The molecule has 27 aromatic rings. The standard InChI is InChI=1S/2C42H27NOS.C40H25NOS/c1-3-11-28(12-4-1)29-21-23-31(24-22-29)43(32-25-26-40-37(27-32)34-15-7-8-20-39(34)44-40)38-19-10-18-36-35-17-9-16-33(41(35)45-42(36)38)30-13-5-2-6-14-30;1-2-11-28(12-3-1)29-21-23-30(24-22-29)32-13-4-7-16-36(32)43(31-25-26-34-33-14-5-8-18-38(33)44-39(34)27-31)37-17-10-20-41-42(37)35-15-6-9-19-40(35)45-41;1-2-11-26(12-3-1)28-23-24-35(30-14-5-4-13-29(28)30)41(27-21-22-32-31-15-6-8-19-37(31)42-38(32)25-27)36-18-10-17-34-33-16-7-9-20-39(33)43-40(34)36/h2*1-27H;1-25H. The molecule has 0 saturated carbocycles. The molecule has 133 heavy (non-hydrogen) atoms. The van der Waals surface area contributed by atoms with Gasteiger partial charge in [-0.1, -0.05) is 346 Å². The van der Waals surface area contributed by atoms with Crippen molar-refractivity contribution >= 4 is 222 Å². The Kier molecular flexibility index (Phi) is 19.8. The van der Waals surface area contributed by atoms with Crippen LogP contribution in [0.3, 0.4) is 0 Å². The second-order valence-electron chi connectivity index (χ2n) is 33.6. The molecule has 0 N–H and O–H groups in total. The van der Waals surface area contributed by atoms with Crippen molar-refractivity contribution in [2.24, 2.45) is 0 Å². The number of hydrogen-bond donors (Lipinski definition) is 0. The van der Waals surface area contributed by atoms with Gasteiger partial charge in [-0.25, -0.2) is 0 Å². The molecule has 21 aromatic carbocycles. The van der Waals surface area contributed by atoms with E-state index < -0.39 is 0 Å². The molecule has 6 heterocycles. The minimum absolute atomic E-state index is 0.880. The summed E-state index contributed by atoms with van der Waals surface area (Å²) in [7, 11) is 0. The monoisotopic (exact) mass is 1750 g/mol. The SMILES string of the molecule is c1ccc(-c2ccc(-c3ccccc3N(c3ccc4c(c3)oc3ccccc34)c3cccc4sc5ccccc5c34)cc2)cc1.c1ccc(-c2ccc(N(c3ccc4c(c3)oc3ccccc34)c3cccc4c3sc3ccccc34)c3ccccc23)cc1.c1ccc(-c2ccc(N(c3ccc4oc5ccccc5c4c3)c3cccc4c3sc3c(-c5ccccc5)cccc34)cc2)cc1. The number of nitrogens with zero attached hydrogens (tertiary/aromatic N) is 3. The third-order valence-electron chi connectivity index (χ3n) is 25.8. The van der Waals surface area contributed by atoms with Gasteiger partial charge >= 0.3 is 0 Å². The molecule has 0 saturated heterocycles. The Morgan fingerprint density at radius 3 is 1.14 bits per heavy atom. The zero-order valence-electron chi connectivity index (χ0n) is 71.9. The molecule has 9 heteroatoms. The Labute approximate surface area is 779 Å². The Balaban J connectivity index is 0.000000107. The van der Waals surface area contributed by atoms with Crippen LogP contribution in [-0.4, -0.2) is 0 Å². The molecule has 0 aliphatic rings. The van der Waals surface area contributed by atoms with Crippen molar-refractivity contribution < 1.29 is 13.3 Å². The first kappa shape index (κ1) is 78.6. The summed E-state index contributed by atoms with van der Waals surface area (Å²) in [5.74, 6) is 0. The first-order valence-corrected chi connectivity index (χ1v) is 47.3. The topological polar surface area (TPSA) is 49.1 Å². The van der Waals surface area contributed by atoms with Crippen LogP contribution in [-0.2, 0) is 0 Å². The zero-order valence-corrected chi connectivity index (χ0v) is 74.4. The van der Waals surface area contributed by atoms with Gasteiger partial charge in [0.15, 0.2) is 0 Å². The van der Waals surface area contributed by atoms with Gasteiger partial charge in [0, 0.05) is 129 Å². The van der Waals surface area contributed by atoms with E-state index in [-0.39, 0.29) is 0 Å². The maximum absolute atomic E-state index is 6.40. The van der Waals surface area contributed by atoms with Crippen LogP contribution in [0.25, 0.3) is 193 Å². The first-order chi connectivity index (χ1) is 66.0. The molecule has 0 aliphatic heterocycles. The summed E-state index contributed by atoms with van der Waals surface area (Å²) < 4.78 is 26.7. The Morgan fingerprint density at radius 1 is 0.150 bits per heavy atom. The van der Waals surface area contributed by atoms with Gasteiger partial charge in [0.1, 0.15) is 33.5 Å². The summed E-state index contributed by atoms with van der Waals surface area (Å²) in [6.07, 6.45) is 0. The number of para-hydroxylation sites is 4. The highest BCUT2D eigenvalue weighted by atomic mass is 32.1. The lowest BCUT2D eigenvalue weighted by molar-refractivity contribution is 0.668. The van der Waals surface area contributed by atoms with Crippen molar-refractivity contribution in [3.8, 4) is 55.6 Å². The predicted molar refractivity (Wildman–Crippen MR) is 569 cm³/mol. The second kappa shape index (κ2) is 33.4. The Morgan fingerprint density at radius 2 is 0.511 bits per heavy atom. The molecule has 0 aliphatic carbocycles. The van der Waals surface area contributed by atoms with Crippen molar-refractivity contribution in [1.29, 1.82) is 0 Å². The summed E-state index contributed by atoms with van der Waals surface area (Å²) in [6.45, 7) is 0. The maximum atomic E-state index is 6.40. The molecule has 0 spiro atoms. The minimum atomic E-state index is 0.880. The predicted octanol–water partition coefficient (Wildman–Crippen LogP) is 37.8. The minimum Gasteiger partial charge on any atom is -0.456 e. The molecule has 626 valence electrons. The van der Waals surface area contributed by atoms with Gasteiger partial charge in [-0.2, -0.15) is 0 Å². The van der Waals surface area contributed by atoms with Crippen LogP contribution in [0.15, 0.2) is 492 Å². The largest absolute Gasteiger partial charge is 0.456 e. The Hall–Kier alpha value is -16.7. The van der Waals surface area contributed by atoms with Crippen molar-refractivity contribution in [3.05, 3.63) is 479 Å². The smallest absolute Gasteiger partial charge is 0.137 e. The number of furan rings is 3. The van der Waals surface area contributed by atoms with Crippen LogP contribution in [0.5, 0.6) is 0 Å². The number of anilines is 9. The van der Waals surface area contributed by atoms with Crippen molar-refractivity contribution in [3.63, 3.8) is 0 Å². The quantitative estimate of drug-likeness (QED) is 0.108. The van der Waals surface area contributed by atoms with E-state index in [1.807, 2.05) is 70.4 Å². The lowest BCUT2D eigenvalue weighted by Crippen LogP contribution is -2.11. The summed E-state index contributed by atoms with van der Waals surface area (Å²) >= 11 is 5.57. The van der Waals surface area contributed by atoms with E-state index in [1.54, 1.807) is 0 Å². The number of thiophene rings is 3. The first-order valence-electron chi connectivity index (χ1n) is 44.9. The number of benzene rings is 21. The molecular formula is C124H79N3O3S3. The lowest BCUT2D eigenvalue weighted by atomic mass is 9.96. The highest BCUT2D eigenvalue weighted by Gasteiger charge is 2.27. The number of fused-ring (bicyclic) bond motifs is 19. The van der Waals surface area contributed by atoms with Gasteiger partial charge < -0.3 is 28.0 Å². The van der Waals surface area contributed by atoms with Crippen LogP contribution in [0.2, 0.25) is 0 Å². The molecule has 0 unspecified atom stereocenters. The van der Waals surface area contributed by atoms with Crippen LogP contribution in [0, 0.1) is 0 Å². The van der Waals surface area contributed by atoms with E-state index in [0.29, 0.717) is 0 Å². The summed E-state index contributed by atoms with van der Waals surface area (Å²) in [5.41, 5.74) is 27.5. The molecule has 0 radical (unpaired) electrons. The summed E-state index contributed by atoms with van der Waals surface area (Å²) in [5, 5.41) is 16.8. The van der Waals surface area contributed by atoms with Crippen LogP contribution < -0.4 is 14.7 Å². The molecule has 0 atom stereocenters. The highest BCUT2D eigenvalue weighted by Crippen LogP contribution is 2.54. The van der Waals surface area contributed by atoms with E-state index in [1.165, 1.54) is 127 Å². The average molecular weight is 1760 g/mol. The zero-order chi connectivity index (χ0) is 87.8. The van der Waals surface area contributed by atoms with Crippen LogP contribution >= 0.6 is 34.0 Å². The van der Waals surface area contributed by atoms with E-state index >= 15 is 0 Å². The van der Waals surface area contributed by atoms with Gasteiger partial charge in [0.2, 0.25) is 0 Å². The van der Waals surface area contributed by atoms with E-state index in [2.05, 4.69) is 458 Å². The maximum Gasteiger partial charge on any atom is 0.137 e. The van der Waals surface area contributed by atoms with E-state index in [9.17, 15) is 0 Å². The second-order valence-corrected chi connectivity index (χ2v) is 36.7. The summed E-state index contributed by atoms with van der Waals surface area (Å²) in [4.78, 5) is 7.23. The van der Waals surface area contributed by atoms with Crippen LogP contribution in [0.4, 0.5) is 51.2 Å². The molecule has 6 nitrogen and oxygen atoms in total. The van der Waals surface area contributed by atoms with Crippen LogP contribution in [0.1, 0.15) is 0 Å². The average Bonchev–Trinajstić information content (AvgIpc) is 1.69. The van der Waals surface area contributed by atoms with Gasteiger partial charge in [0.25, 0.3) is 0 Å². The van der Waals surface area contributed by atoms with E-state index in [0.717, 1.165) is 117 Å². The fourth-order valence-electron chi connectivity index (χ4n) is 19.6. The third-order valence-corrected chi connectivity index (χ3v) is 29.5. The van der Waals surface area contributed by atoms with Crippen molar-refractivity contribution in [2.75, 3.05) is 14.7 Å². The van der Waals surface area contributed by atoms with Crippen molar-refractivity contribution in [1.82, 2.24) is 0 Å². The molecule has 6 aromatic heterocycles. The fraction of sp³-hybridized carbons (Fsp3) is 0. The van der Waals surface area contributed by atoms with Gasteiger partial charge in [0.05, 0.1) is 37.8 Å². The Bertz CT molecular complexity index is 9110.